The normalized spacial score (nSPS) is 13.8. The molecule has 0 saturated carbocycles. The van der Waals surface area contributed by atoms with E-state index in [0.29, 0.717) is 18.8 Å². The summed E-state index contributed by atoms with van der Waals surface area (Å²) in [7, 11) is 0. The number of hydrogen-bond donors (Lipinski definition) is 1. The van der Waals surface area contributed by atoms with Gasteiger partial charge in [-0.1, -0.05) is 0 Å². The number of rotatable bonds is 3. The van der Waals surface area contributed by atoms with Gasteiger partial charge in [-0.25, -0.2) is 4.39 Å². The van der Waals surface area contributed by atoms with Gasteiger partial charge in [0.2, 0.25) is 5.91 Å². The monoisotopic (exact) mass is 366 g/mol. The first-order chi connectivity index (χ1) is 13.0. The molecule has 27 heavy (non-hydrogen) atoms. The van der Waals surface area contributed by atoms with Gasteiger partial charge in [-0.2, -0.15) is 5.26 Å². The Morgan fingerprint density at radius 2 is 1.74 bits per heavy atom. The highest BCUT2D eigenvalue weighted by molar-refractivity contribution is 6.04. The van der Waals surface area contributed by atoms with Gasteiger partial charge in [0.25, 0.3) is 5.91 Å². The SMILES string of the molecule is CC(=O)N1CCN(c2ccc(NC(=O)c3ccc(C#N)cc3F)cc2)CC1. The number of anilines is 2. The molecule has 2 aromatic carbocycles. The summed E-state index contributed by atoms with van der Waals surface area (Å²) in [5.41, 5.74) is 1.60. The molecule has 0 radical (unpaired) electrons. The quantitative estimate of drug-likeness (QED) is 0.906. The highest BCUT2D eigenvalue weighted by Crippen LogP contribution is 2.20. The van der Waals surface area contributed by atoms with Crippen LogP contribution in [0.2, 0.25) is 0 Å². The zero-order chi connectivity index (χ0) is 19.4. The van der Waals surface area contributed by atoms with Crippen molar-refractivity contribution in [1.82, 2.24) is 4.90 Å². The second-order valence-electron chi connectivity index (χ2n) is 6.30. The van der Waals surface area contributed by atoms with Crippen molar-refractivity contribution in [2.75, 3.05) is 36.4 Å². The van der Waals surface area contributed by atoms with Gasteiger partial charge in [0, 0.05) is 44.5 Å². The van der Waals surface area contributed by atoms with E-state index in [1.807, 2.05) is 23.1 Å². The highest BCUT2D eigenvalue weighted by atomic mass is 19.1. The van der Waals surface area contributed by atoms with Gasteiger partial charge >= 0.3 is 0 Å². The van der Waals surface area contributed by atoms with Gasteiger partial charge < -0.3 is 15.1 Å². The summed E-state index contributed by atoms with van der Waals surface area (Å²) >= 11 is 0. The van der Waals surface area contributed by atoms with Crippen LogP contribution in [0.25, 0.3) is 0 Å². The molecule has 1 N–H and O–H groups in total. The molecule has 7 heteroatoms. The third kappa shape index (κ3) is 4.23. The zero-order valence-electron chi connectivity index (χ0n) is 14.9. The molecule has 6 nitrogen and oxygen atoms in total. The minimum atomic E-state index is -0.730. The van der Waals surface area contributed by atoms with Crippen molar-refractivity contribution in [3.05, 3.63) is 59.4 Å². The van der Waals surface area contributed by atoms with Gasteiger partial charge in [-0.15, -0.1) is 0 Å². The Balaban J connectivity index is 1.63. The molecule has 1 aliphatic rings. The molecular formula is C20H19FN4O2. The van der Waals surface area contributed by atoms with Crippen molar-refractivity contribution in [2.45, 2.75) is 6.92 Å². The molecule has 0 atom stereocenters. The van der Waals surface area contributed by atoms with E-state index in [1.54, 1.807) is 19.1 Å². The molecule has 0 unspecified atom stereocenters. The van der Waals surface area contributed by atoms with Crippen molar-refractivity contribution >= 4 is 23.2 Å². The number of hydrogen-bond acceptors (Lipinski definition) is 4. The van der Waals surface area contributed by atoms with Crippen LogP contribution in [0.4, 0.5) is 15.8 Å². The summed E-state index contributed by atoms with van der Waals surface area (Å²) in [5.74, 6) is -1.21. The molecule has 2 aromatic rings. The molecule has 1 aliphatic heterocycles. The molecule has 138 valence electrons. The minimum absolute atomic E-state index is 0.0859. The average molecular weight is 366 g/mol. The second-order valence-corrected chi connectivity index (χ2v) is 6.30. The van der Waals surface area contributed by atoms with Crippen LogP contribution in [0.1, 0.15) is 22.8 Å². The Morgan fingerprint density at radius 3 is 2.30 bits per heavy atom. The Hall–Kier alpha value is -3.40. The van der Waals surface area contributed by atoms with E-state index in [-0.39, 0.29) is 17.0 Å². The standard InChI is InChI=1S/C20H19FN4O2/c1-14(26)24-8-10-25(11-9-24)17-5-3-16(4-6-17)23-20(27)18-7-2-15(13-22)12-19(18)21/h2-7,12H,8-11H2,1H3,(H,23,27). The number of nitrogens with one attached hydrogen (secondary N) is 1. The molecule has 0 spiro atoms. The largest absolute Gasteiger partial charge is 0.368 e. The van der Waals surface area contributed by atoms with Crippen LogP contribution in [-0.2, 0) is 4.79 Å². The van der Waals surface area contributed by atoms with Gasteiger partial charge in [-0.3, -0.25) is 9.59 Å². The molecule has 1 saturated heterocycles. The molecule has 2 amide bonds. The maximum Gasteiger partial charge on any atom is 0.258 e. The third-order valence-electron chi connectivity index (χ3n) is 4.56. The molecule has 1 fully saturated rings. The molecule has 0 aliphatic carbocycles. The van der Waals surface area contributed by atoms with Gasteiger partial charge in [0.05, 0.1) is 17.2 Å². The van der Waals surface area contributed by atoms with E-state index in [2.05, 4.69) is 10.2 Å². The first kappa shape index (κ1) is 18.4. The van der Waals surface area contributed by atoms with Crippen molar-refractivity contribution < 1.29 is 14.0 Å². The van der Waals surface area contributed by atoms with Crippen LogP contribution in [-0.4, -0.2) is 42.9 Å². The van der Waals surface area contributed by atoms with Gasteiger partial charge in [0.15, 0.2) is 0 Å². The summed E-state index contributed by atoms with van der Waals surface area (Å²) in [6.07, 6.45) is 0. The van der Waals surface area contributed by atoms with Gasteiger partial charge in [-0.05, 0) is 42.5 Å². The van der Waals surface area contributed by atoms with Crippen molar-refractivity contribution in [1.29, 1.82) is 5.26 Å². The first-order valence-electron chi connectivity index (χ1n) is 8.59. The highest BCUT2D eigenvalue weighted by Gasteiger charge is 2.19. The summed E-state index contributed by atoms with van der Waals surface area (Å²) in [6.45, 7) is 4.45. The Bertz CT molecular complexity index is 897. The van der Waals surface area contributed by atoms with Crippen molar-refractivity contribution in [2.24, 2.45) is 0 Å². The van der Waals surface area contributed by atoms with E-state index >= 15 is 0 Å². The van der Waals surface area contributed by atoms with Gasteiger partial charge in [0.1, 0.15) is 5.82 Å². The Labute approximate surface area is 156 Å². The molecule has 3 rings (SSSR count). The van der Waals surface area contributed by atoms with Crippen LogP contribution in [0.15, 0.2) is 42.5 Å². The predicted molar refractivity (Wildman–Crippen MR) is 100.0 cm³/mol. The average Bonchev–Trinajstić information content (AvgIpc) is 2.68. The topological polar surface area (TPSA) is 76.4 Å². The lowest BCUT2D eigenvalue weighted by molar-refractivity contribution is -0.129. The Morgan fingerprint density at radius 1 is 1.07 bits per heavy atom. The van der Waals surface area contributed by atoms with Crippen LogP contribution in [0.3, 0.4) is 0 Å². The summed E-state index contributed by atoms with van der Waals surface area (Å²) in [5, 5.41) is 11.4. The van der Waals surface area contributed by atoms with E-state index < -0.39 is 11.7 Å². The first-order valence-corrected chi connectivity index (χ1v) is 8.59. The Kier molecular flexibility index (Phi) is 5.36. The molecule has 0 bridgehead atoms. The maximum absolute atomic E-state index is 13.9. The molecule has 1 heterocycles. The fourth-order valence-corrected chi connectivity index (χ4v) is 3.00. The van der Waals surface area contributed by atoms with Crippen LogP contribution in [0, 0.1) is 17.1 Å². The zero-order valence-corrected chi connectivity index (χ0v) is 14.9. The van der Waals surface area contributed by atoms with Crippen LogP contribution >= 0.6 is 0 Å². The lowest BCUT2D eigenvalue weighted by atomic mass is 10.1. The number of nitriles is 1. The molecule has 0 aromatic heterocycles. The third-order valence-corrected chi connectivity index (χ3v) is 4.56. The summed E-state index contributed by atoms with van der Waals surface area (Å²) < 4.78 is 13.9. The second kappa shape index (κ2) is 7.87. The number of halogens is 1. The minimum Gasteiger partial charge on any atom is -0.368 e. The van der Waals surface area contributed by atoms with Crippen molar-refractivity contribution in [3.8, 4) is 6.07 Å². The van der Waals surface area contributed by atoms with E-state index in [0.717, 1.165) is 24.8 Å². The number of carbonyl (C=O) groups is 2. The van der Waals surface area contributed by atoms with Crippen LogP contribution < -0.4 is 10.2 Å². The number of nitrogens with zero attached hydrogens (tertiary/aromatic N) is 3. The smallest absolute Gasteiger partial charge is 0.258 e. The fourth-order valence-electron chi connectivity index (χ4n) is 3.00. The number of benzene rings is 2. The van der Waals surface area contributed by atoms with E-state index in [9.17, 15) is 14.0 Å². The fraction of sp³-hybridized carbons (Fsp3) is 0.250. The van der Waals surface area contributed by atoms with Crippen LogP contribution in [0.5, 0.6) is 0 Å². The predicted octanol–water partition coefficient (Wildman–Crippen LogP) is 2.62. The lowest BCUT2D eigenvalue weighted by Gasteiger charge is -2.35. The van der Waals surface area contributed by atoms with E-state index in [4.69, 9.17) is 5.26 Å². The number of piperazine rings is 1. The molecular weight excluding hydrogens is 347 g/mol. The number of carbonyl (C=O) groups excluding carboxylic acids is 2. The van der Waals surface area contributed by atoms with Crippen molar-refractivity contribution in [3.63, 3.8) is 0 Å². The maximum atomic E-state index is 13.9. The van der Waals surface area contributed by atoms with E-state index in [1.165, 1.54) is 12.1 Å². The summed E-state index contributed by atoms with van der Waals surface area (Å²) in [4.78, 5) is 27.6. The number of amides is 2. The lowest BCUT2D eigenvalue weighted by Crippen LogP contribution is -2.48. The summed E-state index contributed by atoms with van der Waals surface area (Å²) in [6, 6.07) is 12.9.